The maximum Gasteiger partial charge on any atom is 0.344 e. The molecule has 8 heteroatoms. The Morgan fingerprint density at radius 3 is 2.24 bits per heavy atom. The highest BCUT2D eigenvalue weighted by Crippen LogP contribution is 2.33. The van der Waals surface area contributed by atoms with Crippen molar-refractivity contribution in [1.29, 1.82) is 0 Å². The zero-order chi connectivity index (χ0) is 24.5. The predicted octanol–water partition coefficient (Wildman–Crippen LogP) is 7.10. The van der Waals surface area contributed by atoms with Crippen molar-refractivity contribution >= 4 is 67.3 Å². The number of rotatable bonds is 6. The Balaban J connectivity index is 1.97. The van der Waals surface area contributed by atoms with E-state index in [2.05, 4.69) is 51.8 Å². The van der Waals surface area contributed by atoms with Crippen molar-refractivity contribution < 1.29 is 22.5 Å². The Morgan fingerprint density at radius 1 is 1.06 bits per heavy atom. The summed E-state index contributed by atoms with van der Waals surface area (Å²) < 4.78 is 40.4. The third-order valence-corrected chi connectivity index (χ3v) is 7.84. The number of ether oxygens (including phenoxy) is 1. The van der Waals surface area contributed by atoms with Gasteiger partial charge in [0.15, 0.2) is 0 Å². The summed E-state index contributed by atoms with van der Waals surface area (Å²) in [5.74, 6) is -0.484. The first kappa shape index (κ1) is 25.9. The fourth-order valence-corrected chi connectivity index (χ4v) is 5.72. The topological polar surface area (TPSA) is 80.7 Å². The molecule has 172 valence electrons. The van der Waals surface area contributed by atoms with Gasteiger partial charge in [0.25, 0.3) is 10.1 Å². The van der Waals surface area contributed by atoms with Crippen molar-refractivity contribution in [2.75, 3.05) is 0 Å². The van der Waals surface area contributed by atoms with E-state index in [4.69, 9.17) is 4.74 Å². The molecule has 0 saturated carbocycles. The summed E-state index contributed by atoms with van der Waals surface area (Å²) in [5, 5.41) is 0. The van der Waals surface area contributed by atoms with Crippen molar-refractivity contribution in [3.8, 4) is 16.9 Å². The second kappa shape index (κ2) is 10.2. The monoisotopic (exact) mass is 688 g/mol. The molecule has 0 aliphatic rings. The van der Waals surface area contributed by atoms with Gasteiger partial charge >= 0.3 is 5.97 Å². The van der Waals surface area contributed by atoms with Crippen molar-refractivity contribution in [3.05, 3.63) is 84.5 Å². The zero-order valence-electron chi connectivity index (χ0n) is 18.2. The van der Waals surface area contributed by atoms with Crippen LogP contribution in [0.25, 0.3) is 17.2 Å². The average Bonchev–Trinajstić information content (AvgIpc) is 2.75. The number of hydrogen-bond donors (Lipinski definition) is 1. The summed E-state index contributed by atoms with van der Waals surface area (Å²) in [7, 11) is -4.39. The second-order valence-corrected chi connectivity index (χ2v) is 11.5. The lowest BCUT2D eigenvalue weighted by molar-refractivity contribution is 0.0732. The van der Waals surface area contributed by atoms with Crippen molar-refractivity contribution in [2.24, 2.45) is 0 Å². The zero-order valence-corrected chi connectivity index (χ0v) is 23.4. The molecule has 33 heavy (non-hydrogen) atoms. The Kier molecular flexibility index (Phi) is 8.03. The number of hydrogen-bond acceptors (Lipinski definition) is 4. The highest BCUT2D eigenvalue weighted by Gasteiger charge is 2.23. The average molecular weight is 688 g/mol. The van der Waals surface area contributed by atoms with Gasteiger partial charge in [-0.15, -0.1) is 0 Å². The van der Waals surface area contributed by atoms with E-state index in [1.54, 1.807) is 32.9 Å². The van der Waals surface area contributed by atoms with Crippen LogP contribution < -0.4 is 4.74 Å². The summed E-state index contributed by atoms with van der Waals surface area (Å²) in [6, 6.07) is 14.6. The molecular weight excluding hydrogens is 666 g/mol. The summed E-state index contributed by atoms with van der Waals surface area (Å²) in [6.45, 7) is 9.01. The Morgan fingerprint density at radius 2 is 1.70 bits per heavy atom. The van der Waals surface area contributed by atoms with E-state index in [0.717, 1.165) is 23.8 Å². The molecule has 0 saturated heterocycles. The Labute approximate surface area is 221 Å². The van der Waals surface area contributed by atoms with Gasteiger partial charge in [-0.2, -0.15) is 8.42 Å². The molecular formula is C25H22I2O5S. The standard InChI is InChI=1S/C25H22I2O5S/c1-5-16-6-8-17(9-7-16)19-11-22(27)20(12-21(19)26)25(28)32-23-13-18(14(2)3)24(10-15(23)4)33(29,30)31/h5-14H,1H2,2-4H3,(H,29,30,31). The Bertz CT molecular complexity index is 1340. The third-order valence-electron chi connectivity index (χ3n) is 5.14. The predicted molar refractivity (Wildman–Crippen MR) is 147 cm³/mol. The lowest BCUT2D eigenvalue weighted by Gasteiger charge is -2.16. The summed E-state index contributed by atoms with van der Waals surface area (Å²) in [4.78, 5) is 12.8. The van der Waals surface area contributed by atoms with Crippen LogP contribution in [-0.4, -0.2) is 18.9 Å². The summed E-state index contributed by atoms with van der Waals surface area (Å²) in [6.07, 6.45) is 1.78. The van der Waals surface area contributed by atoms with Crippen LogP contribution in [0.1, 0.15) is 46.8 Å². The minimum Gasteiger partial charge on any atom is -0.423 e. The van der Waals surface area contributed by atoms with E-state index in [1.807, 2.05) is 30.3 Å². The van der Waals surface area contributed by atoms with E-state index in [9.17, 15) is 17.8 Å². The van der Waals surface area contributed by atoms with Gasteiger partial charge in [-0.3, -0.25) is 4.55 Å². The van der Waals surface area contributed by atoms with Gasteiger partial charge in [-0.25, -0.2) is 4.79 Å². The number of carbonyl (C=O) groups is 1. The SMILES string of the molecule is C=Cc1ccc(-c2cc(I)c(C(=O)Oc3cc(C(C)C)c(S(=O)(=O)O)cc3C)cc2I)cc1. The molecule has 0 heterocycles. The molecule has 0 aliphatic carbocycles. The number of aryl methyl sites for hydroxylation is 1. The van der Waals surface area contributed by atoms with E-state index in [1.165, 1.54) is 12.1 Å². The molecule has 0 radical (unpaired) electrons. The maximum atomic E-state index is 13.0. The lowest BCUT2D eigenvalue weighted by Crippen LogP contribution is -2.13. The summed E-state index contributed by atoms with van der Waals surface area (Å²) >= 11 is 4.31. The van der Waals surface area contributed by atoms with E-state index >= 15 is 0 Å². The number of carbonyl (C=O) groups excluding carboxylic acids is 1. The van der Waals surface area contributed by atoms with Crippen molar-refractivity contribution in [1.82, 2.24) is 0 Å². The van der Waals surface area contributed by atoms with Crippen LogP contribution in [0.15, 0.2) is 60.0 Å². The van der Waals surface area contributed by atoms with E-state index in [-0.39, 0.29) is 16.6 Å². The van der Waals surface area contributed by atoms with Gasteiger partial charge in [0, 0.05) is 7.14 Å². The van der Waals surface area contributed by atoms with Crippen LogP contribution in [-0.2, 0) is 10.1 Å². The van der Waals surface area contributed by atoms with Gasteiger partial charge in [0.05, 0.1) is 10.5 Å². The number of benzene rings is 3. The molecule has 0 fully saturated rings. The van der Waals surface area contributed by atoms with E-state index < -0.39 is 16.1 Å². The Hall–Kier alpha value is -1.76. The van der Waals surface area contributed by atoms with Crippen molar-refractivity contribution in [3.63, 3.8) is 0 Å². The molecule has 0 unspecified atom stereocenters. The molecule has 0 aromatic heterocycles. The van der Waals surface area contributed by atoms with Crippen molar-refractivity contribution in [2.45, 2.75) is 31.6 Å². The molecule has 0 amide bonds. The largest absolute Gasteiger partial charge is 0.423 e. The minimum absolute atomic E-state index is 0.175. The molecule has 3 rings (SSSR count). The maximum absolute atomic E-state index is 13.0. The quantitative estimate of drug-likeness (QED) is 0.129. The highest BCUT2D eigenvalue weighted by atomic mass is 127. The molecule has 0 spiro atoms. The van der Waals surface area contributed by atoms with Gasteiger partial charge in [0.1, 0.15) is 5.75 Å². The fraction of sp³-hybridized carbons (Fsp3) is 0.160. The molecule has 3 aromatic carbocycles. The van der Waals surface area contributed by atoms with Crippen LogP contribution in [0.4, 0.5) is 0 Å². The molecule has 1 N–H and O–H groups in total. The molecule has 0 aliphatic heterocycles. The van der Waals surface area contributed by atoms with Crippen LogP contribution in [0.5, 0.6) is 5.75 Å². The number of esters is 1. The molecule has 5 nitrogen and oxygen atoms in total. The molecule has 3 aromatic rings. The third kappa shape index (κ3) is 5.84. The van der Waals surface area contributed by atoms with Gasteiger partial charge in [0.2, 0.25) is 0 Å². The normalized spacial score (nSPS) is 11.5. The van der Waals surface area contributed by atoms with Gasteiger partial charge in [-0.05, 0) is 110 Å². The lowest BCUT2D eigenvalue weighted by atomic mass is 10.0. The first-order chi connectivity index (χ1) is 15.4. The highest BCUT2D eigenvalue weighted by molar-refractivity contribution is 14.1. The fourth-order valence-electron chi connectivity index (χ4n) is 3.34. The summed E-state index contributed by atoms with van der Waals surface area (Å²) in [5.41, 5.74) is 4.29. The van der Waals surface area contributed by atoms with Crippen LogP contribution >= 0.6 is 45.2 Å². The first-order valence-corrected chi connectivity index (χ1v) is 13.6. The van der Waals surface area contributed by atoms with Crippen LogP contribution in [0.3, 0.4) is 0 Å². The van der Waals surface area contributed by atoms with E-state index in [0.29, 0.717) is 16.7 Å². The smallest absolute Gasteiger partial charge is 0.344 e. The minimum atomic E-state index is -4.39. The first-order valence-electron chi connectivity index (χ1n) is 9.98. The van der Waals surface area contributed by atoms with Gasteiger partial charge < -0.3 is 4.74 Å². The second-order valence-electron chi connectivity index (χ2n) is 7.81. The molecule has 0 atom stereocenters. The number of halogens is 2. The van der Waals surface area contributed by atoms with Crippen LogP contribution in [0, 0.1) is 14.1 Å². The van der Waals surface area contributed by atoms with Crippen LogP contribution in [0.2, 0.25) is 0 Å². The molecule has 0 bridgehead atoms. The van der Waals surface area contributed by atoms with Gasteiger partial charge in [-0.1, -0.05) is 50.8 Å².